The maximum atomic E-state index is 12.4. The van der Waals surface area contributed by atoms with Gasteiger partial charge in [-0.05, 0) is 46.0 Å². The van der Waals surface area contributed by atoms with Gasteiger partial charge in [0, 0.05) is 13.1 Å². The van der Waals surface area contributed by atoms with E-state index in [0.717, 1.165) is 5.56 Å². The van der Waals surface area contributed by atoms with E-state index < -0.39 is 10.0 Å². The number of benzene rings is 1. The fourth-order valence-electron chi connectivity index (χ4n) is 2.30. The highest BCUT2D eigenvalue weighted by atomic mass is 32.2. The van der Waals surface area contributed by atoms with Crippen molar-refractivity contribution in [1.29, 1.82) is 0 Å². The second kappa shape index (κ2) is 7.71. The maximum absolute atomic E-state index is 12.4. The average Bonchev–Trinajstić information content (AvgIpc) is 2.34. The summed E-state index contributed by atoms with van der Waals surface area (Å²) in [7, 11) is 0.105. The lowest BCUT2D eigenvalue weighted by Crippen LogP contribution is -2.39. The van der Waals surface area contributed by atoms with Gasteiger partial charge in [-0.25, -0.2) is 13.1 Å². The van der Waals surface area contributed by atoms with Crippen molar-refractivity contribution in [1.82, 2.24) is 14.9 Å². The van der Waals surface area contributed by atoms with Crippen molar-refractivity contribution in [2.45, 2.75) is 25.7 Å². The van der Waals surface area contributed by atoms with Crippen LogP contribution in [0.5, 0.6) is 0 Å². The Morgan fingerprint density at radius 3 is 2.18 bits per heavy atom. The lowest BCUT2D eigenvalue weighted by Gasteiger charge is -2.14. The van der Waals surface area contributed by atoms with Gasteiger partial charge in [-0.1, -0.05) is 17.7 Å². The number of aryl methyl sites for hydroxylation is 3. The number of sulfonamides is 1. The molecule has 1 aromatic rings. The lowest BCUT2D eigenvalue weighted by molar-refractivity contribution is -0.119. The molecule has 0 spiro atoms. The van der Waals surface area contributed by atoms with Crippen molar-refractivity contribution in [3.05, 3.63) is 28.8 Å². The summed E-state index contributed by atoms with van der Waals surface area (Å²) >= 11 is 0. The van der Waals surface area contributed by atoms with Crippen LogP contribution >= 0.6 is 0 Å². The molecule has 0 aromatic heterocycles. The van der Waals surface area contributed by atoms with Gasteiger partial charge >= 0.3 is 0 Å². The minimum Gasteiger partial charge on any atom is -0.354 e. The number of hydrogen-bond donors (Lipinski definition) is 2. The molecule has 0 aliphatic rings. The first kappa shape index (κ1) is 18.6. The van der Waals surface area contributed by atoms with Crippen molar-refractivity contribution in [3.8, 4) is 0 Å². The third-order valence-electron chi connectivity index (χ3n) is 3.18. The third-order valence-corrected chi connectivity index (χ3v) is 4.88. The average molecular weight is 327 g/mol. The molecule has 0 heterocycles. The van der Waals surface area contributed by atoms with E-state index in [1.165, 1.54) is 0 Å². The van der Waals surface area contributed by atoms with Crippen LogP contribution in [0.2, 0.25) is 0 Å². The topological polar surface area (TPSA) is 78.5 Å². The molecule has 0 aliphatic carbocycles. The minimum atomic E-state index is -3.70. The monoisotopic (exact) mass is 327 g/mol. The summed E-state index contributed by atoms with van der Waals surface area (Å²) in [6.45, 7) is 6.35. The van der Waals surface area contributed by atoms with E-state index >= 15 is 0 Å². The van der Waals surface area contributed by atoms with Crippen LogP contribution in [0.25, 0.3) is 0 Å². The van der Waals surface area contributed by atoms with Gasteiger partial charge in [0.25, 0.3) is 0 Å². The number of carbonyl (C=O) groups is 1. The molecule has 0 aliphatic heterocycles. The van der Waals surface area contributed by atoms with Gasteiger partial charge in [0.1, 0.15) is 0 Å². The Morgan fingerprint density at radius 2 is 1.68 bits per heavy atom. The lowest BCUT2D eigenvalue weighted by atomic mass is 10.1. The van der Waals surface area contributed by atoms with Crippen molar-refractivity contribution in [2.24, 2.45) is 0 Å². The first-order chi connectivity index (χ1) is 10.1. The predicted octanol–water partition coefficient (Wildman–Crippen LogP) is 0.568. The number of nitrogens with zero attached hydrogens (tertiary/aromatic N) is 1. The number of nitrogens with one attached hydrogen (secondary N) is 2. The molecule has 124 valence electrons. The van der Waals surface area contributed by atoms with Crippen molar-refractivity contribution >= 4 is 15.9 Å². The molecule has 0 saturated heterocycles. The van der Waals surface area contributed by atoms with E-state index in [1.807, 2.05) is 38.1 Å². The number of rotatable bonds is 7. The van der Waals surface area contributed by atoms with Gasteiger partial charge in [0.05, 0.1) is 11.4 Å². The predicted molar refractivity (Wildman–Crippen MR) is 87.4 cm³/mol. The second-order valence-electron chi connectivity index (χ2n) is 5.71. The molecule has 0 bridgehead atoms. The van der Waals surface area contributed by atoms with Crippen molar-refractivity contribution in [2.75, 3.05) is 33.7 Å². The van der Waals surface area contributed by atoms with Gasteiger partial charge in [0.2, 0.25) is 15.9 Å². The van der Waals surface area contributed by atoms with Crippen LogP contribution < -0.4 is 10.0 Å². The van der Waals surface area contributed by atoms with Crippen molar-refractivity contribution < 1.29 is 13.2 Å². The SMILES string of the molecule is Cc1cc(C)c(S(=O)(=O)NCC(=O)NCCN(C)C)c(C)c1. The van der Waals surface area contributed by atoms with Crippen LogP contribution in [0, 0.1) is 20.8 Å². The molecular weight excluding hydrogens is 302 g/mol. The molecule has 0 saturated carbocycles. The summed E-state index contributed by atoms with van der Waals surface area (Å²) in [5, 5.41) is 2.67. The summed E-state index contributed by atoms with van der Waals surface area (Å²) in [5.74, 6) is -0.340. The Hall–Kier alpha value is -1.44. The second-order valence-corrected chi connectivity index (χ2v) is 7.41. The van der Waals surface area contributed by atoms with Gasteiger partial charge in [-0.15, -0.1) is 0 Å². The Balaban J connectivity index is 2.71. The zero-order chi connectivity index (χ0) is 16.9. The highest BCUT2D eigenvalue weighted by Crippen LogP contribution is 2.21. The van der Waals surface area contributed by atoms with Crippen LogP contribution in [-0.2, 0) is 14.8 Å². The normalized spacial score (nSPS) is 11.7. The number of hydrogen-bond acceptors (Lipinski definition) is 4. The van der Waals surface area contributed by atoms with E-state index in [1.54, 1.807) is 13.8 Å². The Bertz CT molecular complexity index is 616. The zero-order valence-corrected chi connectivity index (χ0v) is 14.7. The highest BCUT2D eigenvalue weighted by molar-refractivity contribution is 7.89. The van der Waals surface area contributed by atoms with Crippen LogP contribution in [-0.4, -0.2) is 53.0 Å². The summed E-state index contributed by atoms with van der Waals surface area (Å²) in [4.78, 5) is 13.9. The van der Waals surface area contributed by atoms with Crippen LogP contribution in [0.3, 0.4) is 0 Å². The number of likely N-dealkylation sites (N-methyl/N-ethyl adjacent to an activating group) is 1. The molecule has 1 rings (SSSR count). The number of carbonyl (C=O) groups excluding carboxylic acids is 1. The smallest absolute Gasteiger partial charge is 0.241 e. The van der Waals surface area contributed by atoms with E-state index in [4.69, 9.17) is 0 Å². The fourth-order valence-corrected chi connectivity index (χ4v) is 3.74. The van der Waals surface area contributed by atoms with E-state index in [0.29, 0.717) is 24.2 Å². The molecule has 0 radical (unpaired) electrons. The molecular formula is C15H25N3O3S. The van der Waals surface area contributed by atoms with Gasteiger partial charge < -0.3 is 10.2 Å². The van der Waals surface area contributed by atoms with Crippen LogP contribution in [0.1, 0.15) is 16.7 Å². The molecule has 6 nitrogen and oxygen atoms in total. The quantitative estimate of drug-likeness (QED) is 0.767. The molecule has 0 unspecified atom stereocenters. The summed E-state index contributed by atoms with van der Waals surface area (Å²) in [6, 6.07) is 3.64. The van der Waals surface area contributed by atoms with Crippen LogP contribution in [0.15, 0.2) is 17.0 Å². The molecule has 0 fully saturated rings. The van der Waals surface area contributed by atoms with E-state index in [2.05, 4.69) is 10.0 Å². The largest absolute Gasteiger partial charge is 0.354 e. The summed E-state index contributed by atoms with van der Waals surface area (Å²) in [6.07, 6.45) is 0. The molecule has 0 atom stereocenters. The van der Waals surface area contributed by atoms with E-state index in [9.17, 15) is 13.2 Å². The maximum Gasteiger partial charge on any atom is 0.241 e. The first-order valence-corrected chi connectivity index (χ1v) is 8.60. The Labute approximate surface area is 132 Å². The number of amides is 1. The van der Waals surface area contributed by atoms with E-state index in [-0.39, 0.29) is 17.3 Å². The summed E-state index contributed by atoms with van der Waals surface area (Å²) in [5.41, 5.74) is 2.37. The molecule has 2 N–H and O–H groups in total. The Kier molecular flexibility index (Phi) is 6.52. The summed E-state index contributed by atoms with van der Waals surface area (Å²) < 4.78 is 27.1. The zero-order valence-electron chi connectivity index (χ0n) is 13.9. The highest BCUT2D eigenvalue weighted by Gasteiger charge is 2.20. The molecule has 1 aromatic carbocycles. The Morgan fingerprint density at radius 1 is 1.14 bits per heavy atom. The van der Waals surface area contributed by atoms with Crippen LogP contribution in [0.4, 0.5) is 0 Å². The van der Waals surface area contributed by atoms with Crippen molar-refractivity contribution in [3.63, 3.8) is 0 Å². The standard InChI is InChI=1S/C15H25N3O3S/c1-11-8-12(2)15(13(3)9-11)22(20,21)17-10-14(19)16-6-7-18(4)5/h8-9,17H,6-7,10H2,1-5H3,(H,16,19). The van der Waals surface area contributed by atoms with Gasteiger partial charge in [-0.3, -0.25) is 4.79 Å². The van der Waals surface area contributed by atoms with Gasteiger partial charge in [-0.2, -0.15) is 0 Å². The fraction of sp³-hybridized carbons (Fsp3) is 0.533. The minimum absolute atomic E-state index is 0.249. The first-order valence-electron chi connectivity index (χ1n) is 7.12. The third kappa shape index (κ3) is 5.40. The van der Waals surface area contributed by atoms with Gasteiger partial charge in [0.15, 0.2) is 0 Å². The molecule has 22 heavy (non-hydrogen) atoms. The molecule has 1 amide bonds. The molecule has 7 heteroatoms.